The molecule has 0 aromatic heterocycles. The molecule has 0 radical (unpaired) electrons. The Labute approximate surface area is 208 Å². The highest BCUT2D eigenvalue weighted by Crippen LogP contribution is 2.68. The maximum absolute atomic E-state index is 12.1. The Balaban J connectivity index is 1.48. The summed E-state index contributed by atoms with van der Waals surface area (Å²) in [5.41, 5.74) is 2.86. The van der Waals surface area contributed by atoms with Gasteiger partial charge in [-0.2, -0.15) is 0 Å². The molecule has 1 spiro atoms. The summed E-state index contributed by atoms with van der Waals surface area (Å²) in [6, 6.07) is 8.33. The topological polar surface area (TPSA) is 79.2 Å². The molecular weight excluding hydrogens is 440 g/mol. The second kappa shape index (κ2) is 8.26. The van der Waals surface area contributed by atoms with Crippen molar-refractivity contribution in [3.05, 3.63) is 58.7 Å². The summed E-state index contributed by atoms with van der Waals surface area (Å²) < 4.78 is 12.1. The van der Waals surface area contributed by atoms with Crippen molar-refractivity contribution in [1.29, 1.82) is 0 Å². The summed E-state index contributed by atoms with van der Waals surface area (Å²) in [4.78, 5) is 0. The number of aliphatic hydroxyl groups excluding tert-OH is 1. The lowest BCUT2D eigenvalue weighted by Crippen LogP contribution is -2.55. The van der Waals surface area contributed by atoms with Crippen LogP contribution in [-0.4, -0.2) is 45.5 Å². The Morgan fingerprint density at radius 3 is 2.46 bits per heavy atom. The van der Waals surface area contributed by atoms with Gasteiger partial charge in [0, 0.05) is 24.2 Å². The van der Waals surface area contributed by atoms with E-state index >= 15 is 0 Å². The molecule has 5 nitrogen and oxygen atoms in total. The third-order valence-corrected chi connectivity index (χ3v) is 10.4. The van der Waals surface area contributed by atoms with Gasteiger partial charge in [0.25, 0.3) is 0 Å². The zero-order valence-corrected chi connectivity index (χ0v) is 21.1. The summed E-state index contributed by atoms with van der Waals surface area (Å²) in [7, 11) is 0. The van der Waals surface area contributed by atoms with Crippen LogP contribution in [0.25, 0.3) is 0 Å². The predicted molar refractivity (Wildman–Crippen MR) is 134 cm³/mol. The van der Waals surface area contributed by atoms with Gasteiger partial charge in [-0.05, 0) is 74.0 Å². The maximum Gasteiger partial charge on any atom is 0.171 e. The van der Waals surface area contributed by atoms with Crippen LogP contribution >= 0.6 is 0 Å². The van der Waals surface area contributed by atoms with Gasteiger partial charge in [-0.15, -0.1) is 0 Å². The number of aliphatic hydroxyl groups is 3. The highest BCUT2D eigenvalue weighted by Gasteiger charge is 2.64. The fourth-order valence-electron chi connectivity index (χ4n) is 8.75. The Bertz CT molecular complexity index is 1040. The third kappa shape index (κ3) is 3.46. The van der Waals surface area contributed by atoms with Crippen LogP contribution in [-0.2, 0) is 16.1 Å². The smallest absolute Gasteiger partial charge is 0.171 e. The average molecular weight is 481 g/mol. The first-order valence-corrected chi connectivity index (χ1v) is 13.6. The van der Waals surface area contributed by atoms with Gasteiger partial charge in [0.15, 0.2) is 5.79 Å². The largest absolute Gasteiger partial charge is 0.392 e. The molecule has 2 unspecified atom stereocenters. The molecule has 3 saturated carbocycles. The molecule has 35 heavy (non-hydrogen) atoms. The second-order valence-corrected chi connectivity index (χ2v) is 12.0. The minimum Gasteiger partial charge on any atom is -0.392 e. The van der Waals surface area contributed by atoms with E-state index in [1.807, 2.05) is 31.2 Å². The van der Waals surface area contributed by atoms with E-state index in [1.54, 1.807) is 0 Å². The van der Waals surface area contributed by atoms with Crippen molar-refractivity contribution in [2.24, 2.45) is 17.3 Å². The summed E-state index contributed by atoms with van der Waals surface area (Å²) in [6.07, 6.45) is 10.5. The van der Waals surface area contributed by atoms with E-state index in [1.165, 1.54) is 16.7 Å². The molecule has 1 saturated heterocycles. The molecule has 6 rings (SSSR count). The first-order valence-electron chi connectivity index (χ1n) is 13.6. The molecule has 1 heterocycles. The minimum atomic E-state index is -0.885. The van der Waals surface area contributed by atoms with Gasteiger partial charge in [-0.25, -0.2) is 0 Å². The fraction of sp³-hybridized carbons (Fsp3) is 0.667. The van der Waals surface area contributed by atoms with E-state index in [2.05, 4.69) is 19.1 Å². The van der Waals surface area contributed by atoms with Gasteiger partial charge in [0.05, 0.1) is 31.0 Å². The van der Waals surface area contributed by atoms with Gasteiger partial charge < -0.3 is 24.8 Å². The Morgan fingerprint density at radius 2 is 1.77 bits per heavy atom. The van der Waals surface area contributed by atoms with E-state index in [0.29, 0.717) is 31.5 Å². The quantitative estimate of drug-likeness (QED) is 0.544. The molecule has 1 aromatic rings. The Kier molecular flexibility index (Phi) is 5.63. The first kappa shape index (κ1) is 23.9. The van der Waals surface area contributed by atoms with Gasteiger partial charge in [-0.3, -0.25) is 0 Å². The lowest BCUT2D eigenvalue weighted by atomic mass is 9.49. The van der Waals surface area contributed by atoms with Gasteiger partial charge >= 0.3 is 0 Å². The lowest BCUT2D eigenvalue weighted by molar-refractivity contribution is -0.208. The van der Waals surface area contributed by atoms with Crippen LogP contribution in [0.4, 0.5) is 0 Å². The molecule has 4 aliphatic carbocycles. The first-order chi connectivity index (χ1) is 16.8. The number of hydrogen-bond donors (Lipinski definition) is 3. The van der Waals surface area contributed by atoms with E-state index in [0.717, 1.165) is 50.5 Å². The number of fused-ring (bicyclic) bond motifs is 4. The third-order valence-electron chi connectivity index (χ3n) is 10.4. The molecule has 6 atom stereocenters. The van der Waals surface area contributed by atoms with Crippen LogP contribution in [0.1, 0.15) is 82.3 Å². The molecule has 5 heteroatoms. The molecule has 1 aliphatic heterocycles. The van der Waals surface area contributed by atoms with Crippen molar-refractivity contribution >= 4 is 0 Å². The predicted octanol–water partition coefficient (Wildman–Crippen LogP) is 4.75. The summed E-state index contributed by atoms with van der Waals surface area (Å²) >= 11 is 0. The second-order valence-electron chi connectivity index (χ2n) is 12.0. The Morgan fingerprint density at radius 1 is 1.03 bits per heavy atom. The van der Waals surface area contributed by atoms with Crippen LogP contribution in [0.3, 0.4) is 0 Å². The number of ether oxygens (including phenoxy) is 2. The molecule has 0 amide bonds. The molecule has 5 aliphatic rings. The Hall–Kier alpha value is -1.50. The number of allylic oxidation sites excluding steroid dienone is 2. The van der Waals surface area contributed by atoms with Gasteiger partial charge in [0.1, 0.15) is 0 Å². The van der Waals surface area contributed by atoms with Crippen molar-refractivity contribution in [3.63, 3.8) is 0 Å². The molecule has 4 fully saturated rings. The van der Waals surface area contributed by atoms with Crippen LogP contribution in [0.2, 0.25) is 0 Å². The number of benzene rings is 1. The zero-order chi connectivity index (χ0) is 24.5. The van der Waals surface area contributed by atoms with Gasteiger partial charge in [-0.1, -0.05) is 48.9 Å². The maximum atomic E-state index is 12.1. The van der Waals surface area contributed by atoms with E-state index in [4.69, 9.17) is 9.47 Å². The molecule has 0 bridgehead atoms. The van der Waals surface area contributed by atoms with Crippen molar-refractivity contribution in [1.82, 2.24) is 0 Å². The average Bonchev–Trinajstić information content (AvgIpc) is 3.40. The van der Waals surface area contributed by atoms with E-state index in [-0.39, 0.29) is 17.9 Å². The van der Waals surface area contributed by atoms with Gasteiger partial charge in [0.2, 0.25) is 0 Å². The van der Waals surface area contributed by atoms with Crippen LogP contribution in [0.5, 0.6) is 0 Å². The molecule has 3 N–H and O–H groups in total. The highest BCUT2D eigenvalue weighted by molar-refractivity contribution is 5.44. The number of rotatable bonds is 3. The number of hydrogen-bond acceptors (Lipinski definition) is 5. The summed E-state index contributed by atoms with van der Waals surface area (Å²) in [5, 5.41) is 33.6. The van der Waals surface area contributed by atoms with Crippen molar-refractivity contribution in [3.8, 4) is 0 Å². The van der Waals surface area contributed by atoms with E-state index in [9.17, 15) is 15.3 Å². The van der Waals surface area contributed by atoms with Crippen LogP contribution < -0.4 is 0 Å². The van der Waals surface area contributed by atoms with Crippen molar-refractivity contribution < 1.29 is 24.8 Å². The lowest BCUT2D eigenvalue weighted by Gasteiger charge is -2.57. The monoisotopic (exact) mass is 480 g/mol. The normalized spacial score (nSPS) is 42.4. The van der Waals surface area contributed by atoms with Crippen molar-refractivity contribution in [2.45, 2.75) is 94.7 Å². The van der Waals surface area contributed by atoms with Crippen LogP contribution in [0.15, 0.2) is 47.6 Å². The fourth-order valence-corrected chi connectivity index (χ4v) is 8.75. The van der Waals surface area contributed by atoms with E-state index < -0.39 is 17.0 Å². The molecule has 1 aromatic carbocycles. The zero-order valence-electron chi connectivity index (χ0n) is 21.1. The molecular formula is C30H40O5. The highest BCUT2D eigenvalue weighted by atomic mass is 16.7. The SMILES string of the molecule is CC=C[C@]1(O)CCC2C3CC[C@@]4(O)CC5(CCC4=C3[C@@H](c3ccc(CO)cc3)C[C@@]21C)OCCO5. The van der Waals surface area contributed by atoms with Crippen LogP contribution in [0, 0.1) is 17.3 Å². The standard InChI is InChI=1S/C30H40O5/c1-3-11-29(33)13-9-24-22-8-12-28(32)19-30(34-15-16-35-30)14-10-25(28)26(22)23(17-27(24,29)2)21-6-4-20(18-31)5-7-21/h3-7,11,22-24,31-33H,8-10,12-19H2,1-2H3/t22?,23-,24?,27+,28-,29+/m1/s1. The van der Waals surface area contributed by atoms with Crippen molar-refractivity contribution in [2.75, 3.05) is 13.2 Å². The summed E-state index contributed by atoms with van der Waals surface area (Å²) in [5.74, 6) is 0.279. The minimum absolute atomic E-state index is 0.0319. The summed E-state index contributed by atoms with van der Waals surface area (Å²) in [6.45, 7) is 5.55. The molecule has 190 valence electrons.